The number of hydrogen-bond acceptors (Lipinski definition) is 2. The summed E-state index contributed by atoms with van der Waals surface area (Å²) in [5.41, 5.74) is 0. The maximum atomic E-state index is 11.8. The highest BCUT2D eigenvalue weighted by molar-refractivity contribution is 5.78. The summed E-state index contributed by atoms with van der Waals surface area (Å²) in [6.45, 7) is 3.11. The molecule has 1 saturated heterocycles. The zero-order valence-corrected chi connectivity index (χ0v) is 9.23. The molecule has 0 bridgehead atoms. The Kier molecular flexibility index (Phi) is 4.58. The van der Waals surface area contributed by atoms with Gasteiger partial charge in [-0.25, -0.2) is 0 Å². The Bertz CT molecular complexity index is 243. The fourth-order valence-corrected chi connectivity index (χ4v) is 1.83. The summed E-state index contributed by atoms with van der Waals surface area (Å²) in [5, 5.41) is 5.42. The molecule has 0 spiro atoms. The molecule has 2 atom stereocenters. The van der Waals surface area contributed by atoms with E-state index in [4.69, 9.17) is 0 Å². The number of nitrogens with one attached hydrogen (secondary N) is 2. The maximum absolute atomic E-state index is 11.8. The number of halogens is 3. The highest BCUT2D eigenvalue weighted by Gasteiger charge is 2.28. The Balaban J connectivity index is 2.24. The third-order valence-electron chi connectivity index (χ3n) is 2.65. The van der Waals surface area contributed by atoms with Gasteiger partial charge in [-0.2, -0.15) is 13.2 Å². The summed E-state index contributed by atoms with van der Waals surface area (Å²) in [4.78, 5) is 11.5. The molecule has 1 heterocycles. The van der Waals surface area contributed by atoms with Gasteiger partial charge in [-0.3, -0.25) is 4.79 Å². The molecule has 0 aromatic rings. The van der Waals surface area contributed by atoms with Gasteiger partial charge in [0.1, 0.15) is 0 Å². The summed E-state index contributed by atoms with van der Waals surface area (Å²) in [6, 6.07) is 0. The molecule has 2 N–H and O–H groups in total. The van der Waals surface area contributed by atoms with Crippen molar-refractivity contribution in [2.75, 3.05) is 19.6 Å². The Morgan fingerprint density at radius 2 is 2.12 bits per heavy atom. The van der Waals surface area contributed by atoms with E-state index in [-0.39, 0.29) is 18.4 Å². The van der Waals surface area contributed by atoms with Gasteiger partial charge in [-0.05, 0) is 18.9 Å². The van der Waals surface area contributed by atoms with Crippen molar-refractivity contribution in [2.45, 2.75) is 25.9 Å². The summed E-state index contributed by atoms with van der Waals surface area (Å²) in [5.74, 6) is -0.0765. The largest absolute Gasteiger partial charge is 0.390 e. The van der Waals surface area contributed by atoms with Crippen molar-refractivity contribution in [3.05, 3.63) is 0 Å². The second kappa shape index (κ2) is 5.52. The zero-order chi connectivity index (χ0) is 12.2. The van der Waals surface area contributed by atoms with Gasteiger partial charge in [0.15, 0.2) is 0 Å². The van der Waals surface area contributed by atoms with E-state index in [9.17, 15) is 18.0 Å². The highest BCUT2D eigenvalue weighted by atomic mass is 19.4. The van der Waals surface area contributed by atoms with Crippen LogP contribution in [0.2, 0.25) is 0 Å². The number of alkyl halides is 3. The van der Waals surface area contributed by atoms with Gasteiger partial charge in [0.2, 0.25) is 5.91 Å². The molecular formula is C10H17F3N2O. The predicted octanol–water partition coefficient (Wildman–Crippen LogP) is 1.30. The zero-order valence-electron chi connectivity index (χ0n) is 9.23. The second-order valence-corrected chi connectivity index (χ2v) is 4.35. The molecule has 0 radical (unpaired) electrons. The molecule has 0 aliphatic carbocycles. The number of carbonyl (C=O) groups is 1. The van der Waals surface area contributed by atoms with Crippen LogP contribution in [0.1, 0.15) is 19.8 Å². The third kappa shape index (κ3) is 4.83. The summed E-state index contributed by atoms with van der Waals surface area (Å²) >= 11 is 0. The fraction of sp³-hybridized carbons (Fsp3) is 0.900. The molecule has 1 fully saturated rings. The number of amides is 1. The first-order valence-corrected chi connectivity index (χ1v) is 5.43. The maximum Gasteiger partial charge on any atom is 0.390 e. The first-order chi connectivity index (χ1) is 7.38. The van der Waals surface area contributed by atoms with E-state index in [0.717, 1.165) is 13.0 Å². The number of hydrogen-bond donors (Lipinski definition) is 2. The number of carbonyl (C=O) groups excluding carboxylic acids is 1. The molecule has 2 unspecified atom stereocenters. The van der Waals surface area contributed by atoms with Crippen molar-refractivity contribution >= 4 is 5.91 Å². The third-order valence-corrected chi connectivity index (χ3v) is 2.65. The smallest absolute Gasteiger partial charge is 0.355 e. The lowest BCUT2D eigenvalue weighted by Crippen LogP contribution is -2.44. The minimum absolute atomic E-state index is 0.197. The van der Waals surface area contributed by atoms with Crippen molar-refractivity contribution in [3.63, 3.8) is 0 Å². The Labute approximate surface area is 92.8 Å². The summed E-state index contributed by atoms with van der Waals surface area (Å²) in [6.07, 6.45) is -4.43. The van der Waals surface area contributed by atoms with Crippen LogP contribution in [0, 0.1) is 11.8 Å². The van der Waals surface area contributed by atoms with Gasteiger partial charge in [0.25, 0.3) is 0 Å². The van der Waals surface area contributed by atoms with E-state index >= 15 is 0 Å². The van der Waals surface area contributed by atoms with Crippen LogP contribution in [0.15, 0.2) is 0 Å². The quantitative estimate of drug-likeness (QED) is 0.778. The van der Waals surface area contributed by atoms with Crippen LogP contribution in [0.3, 0.4) is 0 Å². The second-order valence-electron chi connectivity index (χ2n) is 4.35. The summed E-state index contributed by atoms with van der Waals surface area (Å²) < 4.78 is 35.5. The highest BCUT2D eigenvalue weighted by Crippen LogP contribution is 2.19. The molecular weight excluding hydrogens is 221 g/mol. The minimum atomic E-state index is -4.20. The fourth-order valence-electron chi connectivity index (χ4n) is 1.83. The SMILES string of the molecule is CC1CNCC(C(=O)NCCC(F)(F)F)C1. The molecule has 0 aromatic heterocycles. The van der Waals surface area contributed by atoms with Crippen LogP contribution >= 0.6 is 0 Å². The molecule has 6 heteroatoms. The lowest BCUT2D eigenvalue weighted by molar-refractivity contribution is -0.136. The van der Waals surface area contributed by atoms with Gasteiger partial charge in [-0.1, -0.05) is 6.92 Å². The van der Waals surface area contributed by atoms with Crippen molar-refractivity contribution < 1.29 is 18.0 Å². The average molecular weight is 238 g/mol. The first kappa shape index (κ1) is 13.3. The van der Waals surface area contributed by atoms with Crippen molar-refractivity contribution in [2.24, 2.45) is 11.8 Å². The topological polar surface area (TPSA) is 41.1 Å². The van der Waals surface area contributed by atoms with Crippen molar-refractivity contribution in [3.8, 4) is 0 Å². The van der Waals surface area contributed by atoms with Crippen molar-refractivity contribution in [1.82, 2.24) is 10.6 Å². The van der Waals surface area contributed by atoms with E-state index in [1.807, 2.05) is 6.92 Å². The van der Waals surface area contributed by atoms with Gasteiger partial charge < -0.3 is 10.6 Å². The van der Waals surface area contributed by atoms with Gasteiger partial charge in [0.05, 0.1) is 12.3 Å². The number of piperidine rings is 1. The molecule has 0 aromatic carbocycles. The summed E-state index contributed by atoms with van der Waals surface area (Å²) in [7, 11) is 0. The van der Waals surface area contributed by atoms with E-state index in [0.29, 0.717) is 12.5 Å². The lowest BCUT2D eigenvalue weighted by Gasteiger charge is -2.26. The molecule has 1 aliphatic heterocycles. The van der Waals surface area contributed by atoms with Crippen LogP contribution in [-0.2, 0) is 4.79 Å². The van der Waals surface area contributed by atoms with E-state index in [1.54, 1.807) is 0 Å². The van der Waals surface area contributed by atoms with Crippen LogP contribution in [-0.4, -0.2) is 31.7 Å². The molecule has 16 heavy (non-hydrogen) atoms. The monoisotopic (exact) mass is 238 g/mol. The molecule has 94 valence electrons. The van der Waals surface area contributed by atoms with Crippen molar-refractivity contribution in [1.29, 1.82) is 0 Å². The van der Waals surface area contributed by atoms with Crippen LogP contribution in [0.4, 0.5) is 13.2 Å². The van der Waals surface area contributed by atoms with E-state index < -0.39 is 12.6 Å². The average Bonchev–Trinajstić information content (AvgIpc) is 2.15. The molecule has 1 rings (SSSR count). The number of rotatable bonds is 3. The van der Waals surface area contributed by atoms with Crippen LogP contribution in [0.5, 0.6) is 0 Å². The van der Waals surface area contributed by atoms with Crippen LogP contribution in [0.25, 0.3) is 0 Å². The van der Waals surface area contributed by atoms with Gasteiger partial charge in [-0.15, -0.1) is 0 Å². The molecule has 0 saturated carbocycles. The van der Waals surface area contributed by atoms with E-state index in [1.165, 1.54) is 0 Å². The Morgan fingerprint density at radius 1 is 1.44 bits per heavy atom. The molecule has 1 aliphatic rings. The lowest BCUT2D eigenvalue weighted by atomic mass is 9.91. The Morgan fingerprint density at radius 3 is 2.69 bits per heavy atom. The normalized spacial score (nSPS) is 26.5. The Hall–Kier alpha value is -0.780. The van der Waals surface area contributed by atoms with Gasteiger partial charge in [0, 0.05) is 13.1 Å². The van der Waals surface area contributed by atoms with Gasteiger partial charge >= 0.3 is 6.18 Å². The molecule has 3 nitrogen and oxygen atoms in total. The van der Waals surface area contributed by atoms with Crippen LogP contribution < -0.4 is 10.6 Å². The minimum Gasteiger partial charge on any atom is -0.355 e. The predicted molar refractivity (Wildman–Crippen MR) is 53.8 cm³/mol. The standard InChI is InChI=1S/C10H17F3N2O/c1-7-4-8(6-14-5-7)9(16)15-3-2-10(11,12)13/h7-8,14H,2-6H2,1H3,(H,15,16). The first-order valence-electron chi connectivity index (χ1n) is 5.43. The molecule has 1 amide bonds. The van der Waals surface area contributed by atoms with E-state index in [2.05, 4.69) is 10.6 Å².